The van der Waals surface area contributed by atoms with Gasteiger partial charge >= 0.3 is 0 Å². The zero-order chi connectivity index (χ0) is 12.9. The van der Waals surface area contributed by atoms with Gasteiger partial charge < -0.3 is 4.74 Å². The van der Waals surface area contributed by atoms with Crippen LogP contribution in [0.2, 0.25) is 0 Å². The fourth-order valence-corrected chi connectivity index (χ4v) is 3.07. The standard InChI is InChI=1S/C12H17ClO3S/c1-10-3-4-12(11(2)9-10)17(14,15)8-7-16-6-5-13/h3-4,9H,5-8H2,1-2H3. The Balaban J connectivity index is 2.76. The number of hydrogen-bond acceptors (Lipinski definition) is 3. The lowest BCUT2D eigenvalue weighted by Gasteiger charge is -2.08. The van der Waals surface area contributed by atoms with E-state index in [4.69, 9.17) is 16.3 Å². The summed E-state index contributed by atoms with van der Waals surface area (Å²) in [4.78, 5) is 0.387. The minimum atomic E-state index is -3.26. The van der Waals surface area contributed by atoms with E-state index in [0.29, 0.717) is 17.4 Å². The second-order valence-corrected chi connectivity index (χ2v) is 6.34. The smallest absolute Gasteiger partial charge is 0.180 e. The molecule has 0 heterocycles. The van der Waals surface area contributed by atoms with E-state index < -0.39 is 9.84 Å². The highest BCUT2D eigenvalue weighted by Crippen LogP contribution is 2.17. The third-order valence-corrected chi connectivity index (χ3v) is 4.37. The molecule has 0 unspecified atom stereocenters. The maximum Gasteiger partial charge on any atom is 0.180 e. The first-order valence-corrected chi connectivity index (χ1v) is 7.60. The lowest BCUT2D eigenvalue weighted by molar-refractivity contribution is 0.165. The fraction of sp³-hybridized carbons (Fsp3) is 0.500. The van der Waals surface area contributed by atoms with E-state index in [1.165, 1.54) is 0 Å². The molecule has 1 rings (SSSR count). The molecule has 0 N–H and O–H groups in total. The van der Waals surface area contributed by atoms with Crippen LogP contribution in [0.25, 0.3) is 0 Å². The molecule has 0 atom stereocenters. The Labute approximate surface area is 108 Å². The molecule has 0 bridgehead atoms. The quantitative estimate of drug-likeness (QED) is 0.592. The predicted octanol–water partition coefficient (Wildman–Crippen LogP) is 2.33. The summed E-state index contributed by atoms with van der Waals surface area (Å²) in [6.07, 6.45) is 0. The first-order valence-electron chi connectivity index (χ1n) is 5.41. The summed E-state index contributed by atoms with van der Waals surface area (Å²) >= 11 is 5.44. The summed E-state index contributed by atoms with van der Waals surface area (Å²) in [6, 6.07) is 5.33. The van der Waals surface area contributed by atoms with Crippen molar-refractivity contribution in [3.8, 4) is 0 Å². The van der Waals surface area contributed by atoms with Gasteiger partial charge in [-0.2, -0.15) is 0 Å². The monoisotopic (exact) mass is 276 g/mol. The van der Waals surface area contributed by atoms with Crippen molar-refractivity contribution in [1.29, 1.82) is 0 Å². The van der Waals surface area contributed by atoms with Crippen molar-refractivity contribution < 1.29 is 13.2 Å². The van der Waals surface area contributed by atoms with Gasteiger partial charge in [0.2, 0.25) is 0 Å². The number of halogens is 1. The van der Waals surface area contributed by atoms with Gasteiger partial charge in [-0.05, 0) is 25.5 Å². The van der Waals surface area contributed by atoms with E-state index >= 15 is 0 Å². The van der Waals surface area contributed by atoms with Gasteiger partial charge in [0, 0.05) is 5.88 Å². The van der Waals surface area contributed by atoms with Crippen LogP contribution in [0.15, 0.2) is 23.1 Å². The number of aryl methyl sites for hydroxylation is 2. The Kier molecular flexibility index (Phi) is 5.43. The van der Waals surface area contributed by atoms with Crippen LogP contribution in [-0.2, 0) is 14.6 Å². The largest absolute Gasteiger partial charge is 0.379 e. The number of ether oxygens (including phenoxy) is 1. The molecule has 0 aliphatic heterocycles. The highest BCUT2D eigenvalue weighted by atomic mass is 35.5. The van der Waals surface area contributed by atoms with Crippen LogP contribution in [-0.4, -0.2) is 33.3 Å². The molecule has 0 aromatic heterocycles. The maximum absolute atomic E-state index is 12.0. The molecular formula is C12H17ClO3S. The second kappa shape index (κ2) is 6.38. The Morgan fingerprint density at radius 3 is 2.53 bits per heavy atom. The molecule has 0 aliphatic rings. The van der Waals surface area contributed by atoms with E-state index in [1.54, 1.807) is 19.1 Å². The van der Waals surface area contributed by atoms with Gasteiger partial charge in [0.05, 0.1) is 23.9 Å². The average Bonchev–Trinajstić information content (AvgIpc) is 2.24. The summed E-state index contributed by atoms with van der Waals surface area (Å²) in [5, 5.41) is 0. The molecule has 1 aromatic rings. The van der Waals surface area contributed by atoms with Crippen LogP contribution < -0.4 is 0 Å². The first-order chi connectivity index (χ1) is 7.97. The van der Waals surface area contributed by atoms with Gasteiger partial charge in [-0.1, -0.05) is 17.7 Å². The van der Waals surface area contributed by atoms with Gasteiger partial charge in [-0.15, -0.1) is 11.6 Å². The first kappa shape index (κ1) is 14.5. The number of rotatable bonds is 6. The zero-order valence-electron chi connectivity index (χ0n) is 10.1. The van der Waals surface area contributed by atoms with Crippen molar-refractivity contribution in [2.24, 2.45) is 0 Å². The van der Waals surface area contributed by atoms with E-state index in [-0.39, 0.29) is 12.4 Å². The summed E-state index contributed by atoms with van der Waals surface area (Å²) in [5.41, 5.74) is 1.84. The SMILES string of the molecule is Cc1ccc(S(=O)(=O)CCOCCCl)c(C)c1. The molecule has 0 aliphatic carbocycles. The Bertz CT molecular complexity index is 469. The van der Waals surface area contributed by atoms with Crippen LogP contribution in [0.3, 0.4) is 0 Å². The van der Waals surface area contributed by atoms with Gasteiger partial charge in [-0.25, -0.2) is 8.42 Å². The minimum absolute atomic E-state index is 0.00616. The van der Waals surface area contributed by atoms with Crippen LogP contribution in [0, 0.1) is 13.8 Å². The Morgan fingerprint density at radius 2 is 1.94 bits per heavy atom. The molecule has 0 saturated heterocycles. The highest BCUT2D eigenvalue weighted by molar-refractivity contribution is 7.91. The van der Waals surface area contributed by atoms with Crippen LogP contribution in [0.1, 0.15) is 11.1 Å². The molecule has 0 radical (unpaired) electrons. The van der Waals surface area contributed by atoms with Gasteiger partial charge in [0.25, 0.3) is 0 Å². The topological polar surface area (TPSA) is 43.4 Å². The fourth-order valence-electron chi connectivity index (χ4n) is 1.58. The Hall–Kier alpha value is -0.580. The molecule has 0 spiro atoms. The van der Waals surface area contributed by atoms with Crippen molar-refractivity contribution in [2.75, 3.05) is 24.8 Å². The van der Waals surface area contributed by atoms with Crippen LogP contribution in [0.5, 0.6) is 0 Å². The average molecular weight is 277 g/mol. The molecule has 0 fully saturated rings. The Morgan fingerprint density at radius 1 is 1.24 bits per heavy atom. The number of benzene rings is 1. The second-order valence-electron chi connectivity index (χ2n) is 3.89. The lowest BCUT2D eigenvalue weighted by atomic mass is 10.2. The number of hydrogen-bond donors (Lipinski definition) is 0. The van der Waals surface area contributed by atoms with Crippen LogP contribution in [0.4, 0.5) is 0 Å². The zero-order valence-corrected chi connectivity index (χ0v) is 11.6. The minimum Gasteiger partial charge on any atom is -0.379 e. The molecule has 1 aromatic carbocycles. The number of alkyl halides is 1. The van der Waals surface area contributed by atoms with Crippen molar-refractivity contribution in [1.82, 2.24) is 0 Å². The third kappa shape index (κ3) is 4.30. The third-order valence-electron chi connectivity index (χ3n) is 2.38. The van der Waals surface area contributed by atoms with E-state index in [2.05, 4.69) is 0 Å². The van der Waals surface area contributed by atoms with Gasteiger partial charge in [0.1, 0.15) is 0 Å². The molecule has 0 saturated carbocycles. The molecule has 96 valence electrons. The van der Waals surface area contributed by atoms with E-state index in [1.807, 2.05) is 13.0 Å². The summed E-state index contributed by atoms with van der Waals surface area (Å²) in [5.74, 6) is 0.372. The van der Waals surface area contributed by atoms with Gasteiger partial charge in [-0.3, -0.25) is 0 Å². The molecule has 5 heteroatoms. The molecule has 3 nitrogen and oxygen atoms in total. The normalized spacial score (nSPS) is 11.7. The summed E-state index contributed by atoms with van der Waals surface area (Å²) in [7, 11) is -3.26. The van der Waals surface area contributed by atoms with Gasteiger partial charge in [0.15, 0.2) is 9.84 Å². The number of sulfone groups is 1. The maximum atomic E-state index is 12.0. The van der Waals surface area contributed by atoms with Crippen molar-refractivity contribution in [3.05, 3.63) is 29.3 Å². The molecular weight excluding hydrogens is 260 g/mol. The molecule has 0 amide bonds. The summed E-state index contributed by atoms with van der Waals surface area (Å²) in [6.45, 7) is 4.30. The van der Waals surface area contributed by atoms with Crippen molar-refractivity contribution in [3.63, 3.8) is 0 Å². The highest BCUT2D eigenvalue weighted by Gasteiger charge is 2.16. The van der Waals surface area contributed by atoms with E-state index in [0.717, 1.165) is 11.1 Å². The predicted molar refractivity (Wildman–Crippen MR) is 69.5 cm³/mol. The van der Waals surface area contributed by atoms with Crippen molar-refractivity contribution >= 4 is 21.4 Å². The summed E-state index contributed by atoms with van der Waals surface area (Å²) < 4.78 is 29.1. The van der Waals surface area contributed by atoms with Crippen LogP contribution >= 0.6 is 11.6 Å². The lowest BCUT2D eigenvalue weighted by Crippen LogP contribution is -2.14. The van der Waals surface area contributed by atoms with Crippen molar-refractivity contribution in [2.45, 2.75) is 18.7 Å². The molecule has 17 heavy (non-hydrogen) atoms. The van der Waals surface area contributed by atoms with E-state index in [9.17, 15) is 8.42 Å².